The van der Waals surface area contributed by atoms with Crippen molar-refractivity contribution in [2.75, 3.05) is 12.4 Å². The predicted molar refractivity (Wildman–Crippen MR) is 59.9 cm³/mol. The third-order valence-electron chi connectivity index (χ3n) is 2.84. The van der Waals surface area contributed by atoms with E-state index in [1.807, 2.05) is 0 Å². The molecule has 1 aliphatic heterocycles. The minimum absolute atomic E-state index is 0.00852. The van der Waals surface area contributed by atoms with E-state index < -0.39 is 12.2 Å². The van der Waals surface area contributed by atoms with Crippen molar-refractivity contribution < 1.29 is 18.0 Å². The second-order valence-corrected chi connectivity index (χ2v) is 4.22. The average molecular weight is 259 g/mol. The van der Waals surface area contributed by atoms with Crippen molar-refractivity contribution in [3.8, 4) is 0 Å². The van der Waals surface area contributed by atoms with E-state index in [1.165, 1.54) is 23.1 Å². The molecule has 2 rings (SSSR count). The third kappa shape index (κ3) is 2.26. The molecule has 0 aromatic heterocycles. The van der Waals surface area contributed by atoms with Crippen LogP contribution < -0.4 is 11.1 Å². The van der Waals surface area contributed by atoms with Gasteiger partial charge in [0.05, 0.1) is 0 Å². The van der Waals surface area contributed by atoms with Gasteiger partial charge in [-0.15, -0.1) is 0 Å². The molecule has 0 radical (unpaired) electrons. The fourth-order valence-electron chi connectivity index (χ4n) is 1.79. The lowest BCUT2D eigenvalue weighted by atomic mass is 10.0. The van der Waals surface area contributed by atoms with Gasteiger partial charge in [-0.3, -0.25) is 0 Å². The van der Waals surface area contributed by atoms with Gasteiger partial charge in [-0.2, -0.15) is 13.2 Å². The molecule has 1 aromatic carbocycles. The van der Waals surface area contributed by atoms with Crippen LogP contribution in [-0.4, -0.2) is 24.2 Å². The normalized spacial score (nSPS) is 17.2. The molecule has 3 N–H and O–H groups in total. The quantitative estimate of drug-likeness (QED) is 0.812. The van der Waals surface area contributed by atoms with Crippen LogP contribution in [0, 0.1) is 0 Å². The summed E-state index contributed by atoms with van der Waals surface area (Å²) < 4.78 is 37.5. The number of anilines is 1. The zero-order chi connectivity index (χ0) is 13.5. The molecule has 98 valence electrons. The molecule has 0 saturated heterocycles. The van der Waals surface area contributed by atoms with E-state index in [9.17, 15) is 18.0 Å². The fraction of sp³-hybridized carbons (Fsp3) is 0.364. The predicted octanol–water partition coefficient (Wildman–Crippen LogP) is 2.23. The molecule has 1 unspecified atom stereocenters. The van der Waals surface area contributed by atoms with E-state index in [0.29, 0.717) is 11.3 Å². The van der Waals surface area contributed by atoms with Crippen LogP contribution in [0.25, 0.3) is 0 Å². The molecule has 0 fully saturated rings. The number of urea groups is 1. The van der Waals surface area contributed by atoms with Crippen LogP contribution in [0.1, 0.15) is 17.2 Å². The van der Waals surface area contributed by atoms with Gasteiger partial charge in [0.25, 0.3) is 0 Å². The van der Waals surface area contributed by atoms with Gasteiger partial charge in [0, 0.05) is 19.3 Å². The molecule has 0 bridgehead atoms. The molecule has 0 spiro atoms. The van der Waals surface area contributed by atoms with Crippen LogP contribution in [0.4, 0.5) is 23.7 Å². The standard InChI is InChI=1S/C11H12F3N3O/c1-17-5-7-4-6(9(15)11(12,13)14)2-3-8(7)16-10(17)18/h2-4,9H,5,15H2,1H3,(H,16,18). The smallest absolute Gasteiger partial charge is 0.323 e. The Morgan fingerprint density at radius 3 is 2.72 bits per heavy atom. The van der Waals surface area contributed by atoms with Crippen LogP contribution in [0.5, 0.6) is 0 Å². The number of halogens is 3. The number of carbonyl (C=O) groups excluding carboxylic acids is 1. The topological polar surface area (TPSA) is 58.4 Å². The first-order valence-corrected chi connectivity index (χ1v) is 5.26. The van der Waals surface area contributed by atoms with Crippen LogP contribution >= 0.6 is 0 Å². The highest BCUT2D eigenvalue weighted by Crippen LogP contribution is 2.33. The largest absolute Gasteiger partial charge is 0.407 e. The van der Waals surface area contributed by atoms with E-state index in [0.717, 1.165) is 0 Å². The van der Waals surface area contributed by atoms with Crippen molar-refractivity contribution in [3.05, 3.63) is 29.3 Å². The van der Waals surface area contributed by atoms with Crippen LogP contribution in [-0.2, 0) is 6.54 Å². The Bertz CT molecular complexity index is 487. The van der Waals surface area contributed by atoms with E-state index in [2.05, 4.69) is 5.32 Å². The molecular weight excluding hydrogens is 247 g/mol. The first-order chi connectivity index (χ1) is 8.29. The lowest BCUT2D eigenvalue weighted by Gasteiger charge is -2.27. The molecule has 7 heteroatoms. The number of nitrogens with zero attached hydrogens (tertiary/aromatic N) is 1. The van der Waals surface area contributed by atoms with Gasteiger partial charge in [0.2, 0.25) is 0 Å². The highest BCUT2D eigenvalue weighted by atomic mass is 19.4. The van der Waals surface area contributed by atoms with Gasteiger partial charge in [-0.05, 0) is 17.2 Å². The Morgan fingerprint density at radius 1 is 1.44 bits per heavy atom. The number of rotatable bonds is 1. The Morgan fingerprint density at radius 2 is 2.11 bits per heavy atom. The number of hydrogen-bond acceptors (Lipinski definition) is 2. The van der Waals surface area contributed by atoms with E-state index in [-0.39, 0.29) is 18.1 Å². The highest BCUT2D eigenvalue weighted by Gasteiger charge is 2.38. The number of hydrogen-bond donors (Lipinski definition) is 2. The number of nitrogens with one attached hydrogen (secondary N) is 1. The zero-order valence-corrected chi connectivity index (χ0v) is 9.58. The minimum Gasteiger partial charge on any atom is -0.323 e. The van der Waals surface area contributed by atoms with Crippen molar-refractivity contribution in [1.82, 2.24) is 4.90 Å². The Kier molecular flexibility index (Phi) is 2.94. The number of benzene rings is 1. The van der Waals surface area contributed by atoms with Crippen molar-refractivity contribution in [2.24, 2.45) is 5.73 Å². The average Bonchev–Trinajstić information content (AvgIpc) is 2.28. The number of alkyl halides is 3. The number of amides is 2. The maximum absolute atomic E-state index is 12.5. The van der Waals surface area contributed by atoms with Crippen molar-refractivity contribution >= 4 is 11.7 Å². The van der Waals surface area contributed by atoms with E-state index in [1.54, 1.807) is 7.05 Å². The summed E-state index contributed by atoms with van der Waals surface area (Å²) in [6, 6.07) is 1.81. The van der Waals surface area contributed by atoms with Gasteiger partial charge >= 0.3 is 12.2 Å². The molecule has 1 aliphatic rings. The second-order valence-electron chi connectivity index (χ2n) is 4.22. The molecule has 4 nitrogen and oxygen atoms in total. The minimum atomic E-state index is -4.47. The van der Waals surface area contributed by atoms with Gasteiger partial charge in [0.1, 0.15) is 6.04 Å². The summed E-state index contributed by atoms with van der Waals surface area (Å²) in [6.07, 6.45) is -4.47. The summed E-state index contributed by atoms with van der Waals surface area (Å²) in [6.45, 7) is 0.263. The summed E-state index contributed by atoms with van der Waals surface area (Å²) in [4.78, 5) is 12.7. The van der Waals surface area contributed by atoms with E-state index in [4.69, 9.17) is 5.73 Å². The highest BCUT2D eigenvalue weighted by molar-refractivity contribution is 5.92. The molecular formula is C11H12F3N3O. The maximum Gasteiger partial charge on any atom is 0.407 e. The summed E-state index contributed by atoms with van der Waals surface area (Å²) in [5.41, 5.74) is 6.28. The molecule has 2 amide bonds. The monoisotopic (exact) mass is 259 g/mol. The number of carbonyl (C=O) groups is 1. The summed E-state index contributed by atoms with van der Waals surface area (Å²) in [5.74, 6) is 0. The van der Waals surface area contributed by atoms with Gasteiger partial charge in [0.15, 0.2) is 0 Å². The van der Waals surface area contributed by atoms with Gasteiger partial charge < -0.3 is 16.0 Å². The molecule has 1 aromatic rings. The lowest BCUT2D eigenvalue weighted by Crippen LogP contribution is -2.36. The lowest BCUT2D eigenvalue weighted by molar-refractivity contribution is -0.149. The van der Waals surface area contributed by atoms with Crippen molar-refractivity contribution in [2.45, 2.75) is 18.8 Å². The summed E-state index contributed by atoms with van der Waals surface area (Å²) in [5, 5.41) is 2.58. The third-order valence-corrected chi connectivity index (χ3v) is 2.84. The molecule has 0 saturated carbocycles. The maximum atomic E-state index is 12.5. The molecule has 18 heavy (non-hydrogen) atoms. The van der Waals surface area contributed by atoms with Crippen LogP contribution in [0.15, 0.2) is 18.2 Å². The SMILES string of the molecule is CN1Cc2cc(C(N)C(F)(F)F)ccc2NC1=O. The second kappa shape index (κ2) is 4.16. The van der Waals surface area contributed by atoms with Gasteiger partial charge in [-0.25, -0.2) is 4.79 Å². The Hall–Kier alpha value is -1.76. The summed E-state index contributed by atoms with van der Waals surface area (Å²) in [7, 11) is 1.56. The molecule has 1 atom stereocenters. The Balaban J connectivity index is 2.33. The van der Waals surface area contributed by atoms with Crippen molar-refractivity contribution in [1.29, 1.82) is 0 Å². The number of nitrogens with two attached hydrogens (primary N) is 1. The van der Waals surface area contributed by atoms with Crippen molar-refractivity contribution in [3.63, 3.8) is 0 Å². The number of fused-ring (bicyclic) bond motifs is 1. The molecule has 1 heterocycles. The summed E-state index contributed by atoms with van der Waals surface area (Å²) >= 11 is 0. The Labute approximate surface area is 102 Å². The molecule has 0 aliphatic carbocycles. The first-order valence-electron chi connectivity index (χ1n) is 5.26. The first kappa shape index (κ1) is 12.7. The van der Waals surface area contributed by atoms with Crippen LogP contribution in [0.2, 0.25) is 0 Å². The van der Waals surface area contributed by atoms with E-state index >= 15 is 0 Å². The van der Waals surface area contributed by atoms with Gasteiger partial charge in [-0.1, -0.05) is 12.1 Å². The fourth-order valence-corrected chi connectivity index (χ4v) is 1.79. The zero-order valence-electron chi connectivity index (χ0n) is 9.58. The van der Waals surface area contributed by atoms with Crippen LogP contribution in [0.3, 0.4) is 0 Å².